The Hall–Kier alpha value is -2.30. The van der Waals surface area contributed by atoms with Crippen LogP contribution in [0.5, 0.6) is 0 Å². The second kappa shape index (κ2) is 7.81. The minimum atomic E-state index is -0.425. The van der Waals surface area contributed by atoms with E-state index >= 15 is 0 Å². The molecule has 124 valence electrons. The fourth-order valence-corrected chi connectivity index (χ4v) is 2.66. The molecule has 1 aliphatic heterocycles. The molecule has 0 radical (unpaired) electrons. The van der Waals surface area contributed by atoms with Gasteiger partial charge in [-0.25, -0.2) is 4.79 Å². The number of amides is 3. The number of nitrogens with two attached hydrogens (primary N) is 1. The molecule has 2 rings (SSSR count). The largest absolute Gasteiger partial charge is 0.351 e. The topological polar surface area (TPSA) is 75.4 Å². The molecular formula is C18H25N3O2. The average molecular weight is 315 g/mol. The number of hydrogen-bond acceptors (Lipinski definition) is 2. The molecule has 0 aromatic heterocycles. The maximum Gasteiger partial charge on any atom is 0.314 e. The molecule has 1 aliphatic rings. The maximum absolute atomic E-state index is 11.9. The molecule has 3 N–H and O–H groups in total. The van der Waals surface area contributed by atoms with Crippen molar-refractivity contribution >= 4 is 18.0 Å². The molecule has 1 heterocycles. The van der Waals surface area contributed by atoms with Gasteiger partial charge in [-0.2, -0.15) is 0 Å². The van der Waals surface area contributed by atoms with Crippen LogP contribution in [0.3, 0.4) is 0 Å². The second-order valence-electron chi connectivity index (χ2n) is 6.27. The van der Waals surface area contributed by atoms with E-state index in [2.05, 4.69) is 43.4 Å². The summed E-state index contributed by atoms with van der Waals surface area (Å²) in [6.07, 6.45) is 4.91. The summed E-state index contributed by atoms with van der Waals surface area (Å²) >= 11 is 0. The number of benzene rings is 1. The van der Waals surface area contributed by atoms with Crippen molar-refractivity contribution in [1.29, 1.82) is 0 Å². The fraction of sp³-hybridized carbons (Fsp3) is 0.444. The molecule has 5 nitrogen and oxygen atoms in total. The van der Waals surface area contributed by atoms with Crippen molar-refractivity contribution in [2.75, 3.05) is 13.1 Å². The Morgan fingerprint density at radius 1 is 1.35 bits per heavy atom. The highest BCUT2D eigenvalue weighted by Crippen LogP contribution is 2.15. The number of carbonyl (C=O) groups excluding carboxylic acids is 2. The Morgan fingerprint density at radius 2 is 2.04 bits per heavy atom. The molecular weight excluding hydrogens is 290 g/mol. The van der Waals surface area contributed by atoms with Gasteiger partial charge in [0, 0.05) is 25.6 Å². The van der Waals surface area contributed by atoms with E-state index in [0.717, 1.165) is 12.0 Å². The minimum absolute atomic E-state index is 0.00808. The normalized spacial score (nSPS) is 17.9. The van der Waals surface area contributed by atoms with Gasteiger partial charge in [0.2, 0.25) is 5.91 Å². The van der Waals surface area contributed by atoms with Gasteiger partial charge < -0.3 is 16.0 Å². The third-order valence-corrected chi connectivity index (χ3v) is 4.08. The number of hydrogen-bond donors (Lipinski definition) is 2. The molecule has 23 heavy (non-hydrogen) atoms. The number of carbonyl (C=O) groups is 2. The molecule has 0 spiro atoms. The first-order chi connectivity index (χ1) is 11.0. The summed E-state index contributed by atoms with van der Waals surface area (Å²) in [5.41, 5.74) is 7.62. The van der Waals surface area contributed by atoms with Crippen molar-refractivity contribution in [2.24, 2.45) is 5.73 Å². The van der Waals surface area contributed by atoms with Crippen molar-refractivity contribution in [1.82, 2.24) is 10.2 Å². The molecule has 0 saturated carbocycles. The van der Waals surface area contributed by atoms with Gasteiger partial charge in [-0.15, -0.1) is 0 Å². The van der Waals surface area contributed by atoms with Gasteiger partial charge in [0.15, 0.2) is 0 Å². The predicted octanol–water partition coefficient (Wildman–Crippen LogP) is 2.48. The minimum Gasteiger partial charge on any atom is -0.351 e. The van der Waals surface area contributed by atoms with Crippen LogP contribution in [0.1, 0.15) is 43.7 Å². The van der Waals surface area contributed by atoms with E-state index < -0.39 is 6.03 Å². The van der Waals surface area contributed by atoms with Crippen molar-refractivity contribution in [3.05, 3.63) is 41.5 Å². The highest BCUT2D eigenvalue weighted by Gasteiger charge is 2.25. The fourth-order valence-electron chi connectivity index (χ4n) is 2.66. The Bertz CT molecular complexity index is 578. The van der Waals surface area contributed by atoms with E-state index in [9.17, 15) is 9.59 Å². The first kappa shape index (κ1) is 17.1. The first-order valence-corrected chi connectivity index (χ1v) is 8.06. The molecule has 3 amide bonds. The molecule has 1 aromatic carbocycles. The van der Waals surface area contributed by atoms with E-state index in [4.69, 9.17) is 5.73 Å². The van der Waals surface area contributed by atoms with E-state index in [1.54, 1.807) is 4.90 Å². The average Bonchev–Trinajstić information content (AvgIpc) is 2.96. The lowest BCUT2D eigenvalue weighted by Gasteiger charge is -2.14. The van der Waals surface area contributed by atoms with Crippen molar-refractivity contribution in [3.63, 3.8) is 0 Å². The molecule has 1 unspecified atom stereocenters. The number of likely N-dealkylation sites (tertiary alicyclic amines) is 1. The van der Waals surface area contributed by atoms with Crippen LogP contribution in [0.25, 0.3) is 6.08 Å². The predicted molar refractivity (Wildman–Crippen MR) is 91.9 cm³/mol. The summed E-state index contributed by atoms with van der Waals surface area (Å²) in [5.74, 6) is 0.488. The van der Waals surface area contributed by atoms with Crippen LogP contribution in [0.2, 0.25) is 0 Å². The highest BCUT2D eigenvalue weighted by molar-refractivity contribution is 5.79. The molecule has 1 aromatic rings. The van der Waals surface area contributed by atoms with Gasteiger partial charge in [-0.3, -0.25) is 4.79 Å². The van der Waals surface area contributed by atoms with Crippen LogP contribution < -0.4 is 11.1 Å². The lowest BCUT2D eigenvalue weighted by molar-refractivity contribution is -0.120. The van der Waals surface area contributed by atoms with Crippen LogP contribution >= 0.6 is 0 Å². The van der Waals surface area contributed by atoms with E-state index in [-0.39, 0.29) is 11.9 Å². The van der Waals surface area contributed by atoms with Gasteiger partial charge in [-0.05, 0) is 23.5 Å². The third kappa shape index (κ3) is 5.13. The van der Waals surface area contributed by atoms with Crippen molar-refractivity contribution in [2.45, 2.75) is 38.6 Å². The van der Waals surface area contributed by atoms with E-state index in [1.165, 1.54) is 5.56 Å². The summed E-state index contributed by atoms with van der Waals surface area (Å²) in [6, 6.07) is 7.93. The van der Waals surface area contributed by atoms with Gasteiger partial charge in [0.1, 0.15) is 0 Å². The standard InChI is InChI=1S/C18H25N3O2/c1-13(2)15-8-6-14(7-9-15)4-3-5-17(22)20-16-10-11-21(12-16)18(19)23/h3-4,6-9,13,16H,5,10-12H2,1-2H3,(H2,19,23)(H,20,22). The summed E-state index contributed by atoms with van der Waals surface area (Å²) < 4.78 is 0. The molecule has 1 fully saturated rings. The number of rotatable bonds is 5. The highest BCUT2D eigenvalue weighted by atomic mass is 16.2. The Kier molecular flexibility index (Phi) is 5.79. The Labute approximate surface area is 137 Å². The smallest absolute Gasteiger partial charge is 0.314 e. The number of nitrogens with one attached hydrogen (secondary N) is 1. The molecule has 1 saturated heterocycles. The SMILES string of the molecule is CC(C)c1ccc(C=CCC(=O)NC2CCN(C(N)=O)C2)cc1. The summed E-state index contributed by atoms with van der Waals surface area (Å²) in [7, 11) is 0. The Balaban J connectivity index is 1.77. The first-order valence-electron chi connectivity index (χ1n) is 8.06. The van der Waals surface area contributed by atoms with E-state index in [1.807, 2.05) is 12.2 Å². The molecule has 5 heteroatoms. The molecule has 0 aliphatic carbocycles. The van der Waals surface area contributed by atoms with Gasteiger partial charge in [-0.1, -0.05) is 50.3 Å². The quantitative estimate of drug-likeness (QED) is 0.876. The molecule has 0 bridgehead atoms. The lowest BCUT2D eigenvalue weighted by atomic mass is 10.0. The van der Waals surface area contributed by atoms with E-state index in [0.29, 0.717) is 25.4 Å². The number of primary amides is 1. The van der Waals surface area contributed by atoms with Crippen LogP contribution in [-0.2, 0) is 4.79 Å². The zero-order chi connectivity index (χ0) is 16.8. The zero-order valence-electron chi connectivity index (χ0n) is 13.8. The Morgan fingerprint density at radius 3 is 2.61 bits per heavy atom. The van der Waals surface area contributed by atoms with Crippen LogP contribution in [0.15, 0.2) is 30.3 Å². The second-order valence-corrected chi connectivity index (χ2v) is 6.27. The van der Waals surface area contributed by atoms with Crippen LogP contribution in [0, 0.1) is 0 Å². The summed E-state index contributed by atoms with van der Waals surface area (Å²) in [6.45, 7) is 5.44. The van der Waals surface area contributed by atoms with Crippen molar-refractivity contribution in [3.8, 4) is 0 Å². The zero-order valence-corrected chi connectivity index (χ0v) is 13.8. The number of urea groups is 1. The van der Waals surface area contributed by atoms with Gasteiger partial charge in [0.25, 0.3) is 0 Å². The summed E-state index contributed by atoms with van der Waals surface area (Å²) in [4.78, 5) is 24.5. The van der Waals surface area contributed by atoms with Crippen LogP contribution in [-0.4, -0.2) is 36.0 Å². The summed E-state index contributed by atoms with van der Waals surface area (Å²) in [5, 5.41) is 2.93. The maximum atomic E-state index is 11.9. The van der Waals surface area contributed by atoms with Crippen molar-refractivity contribution < 1.29 is 9.59 Å². The monoisotopic (exact) mass is 315 g/mol. The van der Waals surface area contributed by atoms with Gasteiger partial charge in [0.05, 0.1) is 0 Å². The molecule has 1 atom stereocenters. The lowest BCUT2D eigenvalue weighted by Crippen LogP contribution is -2.39. The van der Waals surface area contributed by atoms with Gasteiger partial charge >= 0.3 is 6.03 Å². The third-order valence-electron chi connectivity index (χ3n) is 4.08. The van der Waals surface area contributed by atoms with Crippen LogP contribution in [0.4, 0.5) is 4.79 Å². The number of nitrogens with zero attached hydrogens (tertiary/aromatic N) is 1.